The molecule has 0 spiro atoms. The number of nitrogens with zero attached hydrogens (tertiary/aromatic N) is 2. The summed E-state index contributed by atoms with van der Waals surface area (Å²) in [6.07, 6.45) is 0. The van der Waals surface area contributed by atoms with E-state index in [1.807, 2.05) is 0 Å². The van der Waals surface area contributed by atoms with E-state index in [9.17, 15) is 0 Å². The molecule has 25 heavy (non-hydrogen) atoms. The van der Waals surface area contributed by atoms with Crippen molar-refractivity contribution in [2.75, 3.05) is 13.1 Å². The van der Waals surface area contributed by atoms with E-state index in [1.165, 1.54) is 22.3 Å². The van der Waals surface area contributed by atoms with E-state index in [4.69, 9.17) is 0 Å². The maximum absolute atomic E-state index is 4.37. The van der Waals surface area contributed by atoms with Gasteiger partial charge in [-0.25, -0.2) is 0 Å². The maximum atomic E-state index is 4.37. The molecule has 2 rings (SSSR count). The molecule has 0 amide bonds. The third-order valence-electron chi connectivity index (χ3n) is 3.81. The van der Waals surface area contributed by atoms with Crippen LogP contribution in [0.1, 0.15) is 36.1 Å². The van der Waals surface area contributed by atoms with Crippen LogP contribution in [0.5, 0.6) is 0 Å². The van der Waals surface area contributed by atoms with Crippen LogP contribution in [0.25, 0.3) is 10.6 Å². The molecule has 0 saturated carbocycles. The molecule has 136 valence electrons. The van der Waals surface area contributed by atoms with Crippen molar-refractivity contribution in [2.45, 2.75) is 41.5 Å². The molecule has 0 N–H and O–H groups in total. The SMILES string of the molecule is CC[N-]c1cccc(C)c1C.CC[N-]c1cccc(C)c1C.[Br-].[Br-].[Zr+4]. The summed E-state index contributed by atoms with van der Waals surface area (Å²) < 4.78 is 0. The molecule has 0 atom stereocenters. The van der Waals surface area contributed by atoms with Gasteiger partial charge >= 0.3 is 26.2 Å². The van der Waals surface area contributed by atoms with Gasteiger partial charge in [0.2, 0.25) is 0 Å². The molecule has 5 heteroatoms. The van der Waals surface area contributed by atoms with Crippen molar-refractivity contribution in [3.05, 3.63) is 69.3 Å². The van der Waals surface area contributed by atoms with Crippen molar-refractivity contribution < 1.29 is 60.2 Å². The molecule has 2 aromatic carbocycles. The van der Waals surface area contributed by atoms with Crippen LogP contribution >= 0.6 is 0 Å². The van der Waals surface area contributed by atoms with Gasteiger partial charge in [-0.3, -0.25) is 0 Å². The molecular formula is C20H28Br2N2Zr. The average Bonchev–Trinajstić information content (AvgIpc) is 2.50. The van der Waals surface area contributed by atoms with Gasteiger partial charge in [0.1, 0.15) is 0 Å². The summed E-state index contributed by atoms with van der Waals surface area (Å²) in [6, 6.07) is 12.5. The summed E-state index contributed by atoms with van der Waals surface area (Å²) in [5.41, 5.74) is 7.50. The summed E-state index contributed by atoms with van der Waals surface area (Å²) in [5, 5.41) is 8.73. The largest absolute Gasteiger partial charge is 4.00 e. The number of rotatable bonds is 4. The first-order valence-corrected chi connectivity index (χ1v) is 7.98. The minimum absolute atomic E-state index is 0. The van der Waals surface area contributed by atoms with Crippen molar-refractivity contribution in [1.29, 1.82) is 0 Å². The van der Waals surface area contributed by atoms with Crippen LogP contribution in [0.15, 0.2) is 36.4 Å². The van der Waals surface area contributed by atoms with Gasteiger partial charge in [-0.15, -0.1) is 24.5 Å². The van der Waals surface area contributed by atoms with Crippen LogP contribution in [0, 0.1) is 27.7 Å². The summed E-state index contributed by atoms with van der Waals surface area (Å²) in [7, 11) is 0. The van der Waals surface area contributed by atoms with Crippen LogP contribution in [0.4, 0.5) is 11.4 Å². The van der Waals surface area contributed by atoms with E-state index < -0.39 is 0 Å². The van der Waals surface area contributed by atoms with Gasteiger partial charge in [-0.2, -0.15) is 0 Å². The Kier molecular flexibility index (Phi) is 19.1. The predicted molar refractivity (Wildman–Crippen MR) is 99.0 cm³/mol. The third kappa shape index (κ3) is 9.96. The molecule has 0 heterocycles. The molecule has 0 radical (unpaired) electrons. The Morgan fingerprint density at radius 1 is 0.640 bits per heavy atom. The Morgan fingerprint density at radius 3 is 1.24 bits per heavy atom. The van der Waals surface area contributed by atoms with Crippen LogP contribution in [0.3, 0.4) is 0 Å². The topological polar surface area (TPSA) is 28.2 Å². The summed E-state index contributed by atoms with van der Waals surface area (Å²) in [4.78, 5) is 0. The molecule has 2 aromatic rings. The van der Waals surface area contributed by atoms with E-state index in [-0.39, 0.29) is 60.2 Å². The van der Waals surface area contributed by atoms with Crippen molar-refractivity contribution >= 4 is 11.4 Å². The Hall–Kier alpha value is -0.117. The number of aryl methyl sites for hydroxylation is 2. The second kappa shape index (κ2) is 16.1. The molecule has 0 unspecified atom stereocenters. The van der Waals surface area contributed by atoms with Crippen LogP contribution in [0.2, 0.25) is 0 Å². The van der Waals surface area contributed by atoms with Gasteiger partial charge in [0.05, 0.1) is 0 Å². The van der Waals surface area contributed by atoms with Gasteiger partial charge < -0.3 is 44.6 Å². The third-order valence-corrected chi connectivity index (χ3v) is 3.81. The normalized spacial score (nSPS) is 8.56. The zero-order chi connectivity index (χ0) is 16.5. The van der Waals surface area contributed by atoms with Crippen LogP contribution < -0.4 is 34.0 Å². The number of benzene rings is 2. The number of hydrogen-bond donors (Lipinski definition) is 0. The van der Waals surface area contributed by atoms with Gasteiger partial charge in [-0.05, 0) is 38.8 Å². The summed E-state index contributed by atoms with van der Waals surface area (Å²) in [6.45, 7) is 14.3. The average molecular weight is 547 g/mol. The van der Waals surface area contributed by atoms with Crippen LogP contribution in [-0.4, -0.2) is 13.1 Å². The van der Waals surface area contributed by atoms with E-state index in [1.54, 1.807) is 0 Å². The Labute approximate surface area is 194 Å². The van der Waals surface area contributed by atoms with Crippen molar-refractivity contribution in [1.82, 2.24) is 0 Å². The van der Waals surface area contributed by atoms with Gasteiger partial charge in [0.25, 0.3) is 0 Å². The fraction of sp³-hybridized carbons (Fsp3) is 0.400. The van der Waals surface area contributed by atoms with Crippen LogP contribution in [-0.2, 0) is 26.2 Å². The van der Waals surface area contributed by atoms with Crippen molar-refractivity contribution in [3.8, 4) is 0 Å². The molecule has 2 nitrogen and oxygen atoms in total. The number of hydrogen-bond acceptors (Lipinski definition) is 0. The van der Waals surface area contributed by atoms with Crippen molar-refractivity contribution in [3.63, 3.8) is 0 Å². The first-order valence-electron chi connectivity index (χ1n) is 7.98. The molecule has 0 aromatic heterocycles. The van der Waals surface area contributed by atoms with E-state index in [0.717, 1.165) is 24.5 Å². The van der Waals surface area contributed by atoms with E-state index in [0.29, 0.717) is 0 Å². The molecule has 0 aliphatic heterocycles. The zero-order valence-corrected chi connectivity index (χ0v) is 21.7. The van der Waals surface area contributed by atoms with E-state index >= 15 is 0 Å². The second-order valence-corrected chi connectivity index (χ2v) is 5.39. The minimum Gasteiger partial charge on any atom is -1.00 e. The standard InChI is InChI=1S/2C10H14N.2BrH.Zr/c2*1-4-11-10-7-5-6-8(2)9(10)3;;;/h2*5-7H,4H2,1-3H3;2*1H;/q2*-1;;;+4/p-2. The Balaban J connectivity index is -0.000000346. The summed E-state index contributed by atoms with van der Waals surface area (Å²) >= 11 is 0. The quantitative estimate of drug-likeness (QED) is 0.539. The smallest absolute Gasteiger partial charge is 1.00 e. The molecule has 0 aliphatic rings. The van der Waals surface area contributed by atoms with Gasteiger partial charge in [-0.1, -0.05) is 61.4 Å². The second-order valence-electron chi connectivity index (χ2n) is 5.39. The molecule has 0 aliphatic carbocycles. The molecular weight excluding hydrogens is 519 g/mol. The molecule has 0 bridgehead atoms. The molecule has 0 fully saturated rings. The predicted octanol–water partition coefficient (Wildman–Crippen LogP) is 0.663. The van der Waals surface area contributed by atoms with E-state index in [2.05, 4.69) is 88.6 Å². The van der Waals surface area contributed by atoms with Gasteiger partial charge in [0, 0.05) is 0 Å². The van der Waals surface area contributed by atoms with Gasteiger partial charge in [0.15, 0.2) is 0 Å². The maximum Gasteiger partial charge on any atom is 4.00 e. The first kappa shape index (κ1) is 29.6. The van der Waals surface area contributed by atoms with Crippen molar-refractivity contribution in [2.24, 2.45) is 0 Å². The minimum atomic E-state index is 0. The Bertz CT molecular complexity index is 551. The fourth-order valence-corrected chi connectivity index (χ4v) is 2.15. The molecule has 0 saturated heterocycles. The first-order chi connectivity index (χ1) is 10.5. The summed E-state index contributed by atoms with van der Waals surface area (Å²) in [5.74, 6) is 0. The number of halogens is 2. The zero-order valence-electron chi connectivity index (χ0n) is 16.0. The Morgan fingerprint density at radius 2 is 0.960 bits per heavy atom. The fourth-order valence-electron chi connectivity index (χ4n) is 2.15. The monoisotopic (exact) mass is 544 g/mol.